The number of para-hydroxylation sites is 1. The van der Waals surface area contributed by atoms with Crippen molar-refractivity contribution in [3.63, 3.8) is 0 Å². The summed E-state index contributed by atoms with van der Waals surface area (Å²) in [4.78, 5) is 14.7. The van der Waals surface area contributed by atoms with Crippen LogP contribution < -0.4 is 0 Å². The molecule has 2 fully saturated rings. The third-order valence-electron chi connectivity index (χ3n) is 5.45. The van der Waals surface area contributed by atoms with Gasteiger partial charge in [-0.2, -0.15) is 5.10 Å². The van der Waals surface area contributed by atoms with Crippen LogP contribution in [0.4, 0.5) is 0 Å². The van der Waals surface area contributed by atoms with Crippen molar-refractivity contribution in [3.05, 3.63) is 30.0 Å². The number of fused-ring (bicyclic) bond motifs is 1. The number of carbonyl (C=O) groups is 1. The second-order valence-electron chi connectivity index (χ2n) is 6.62. The topological polar surface area (TPSA) is 49.0 Å². The van der Waals surface area contributed by atoms with Gasteiger partial charge in [-0.05, 0) is 37.2 Å². The van der Waals surface area contributed by atoms with Gasteiger partial charge in [-0.3, -0.25) is 9.89 Å². The molecule has 0 radical (unpaired) electrons. The lowest BCUT2D eigenvalue weighted by molar-refractivity contribution is 0.0583. The Labute approximate surface area is 124 Å². The second kappa shape index (κ2) is 4.86. The summed E-state index contributed by atoms with van der Waals surface area (Å²) in [7, 11) is 0. The molecule has 4 heteroatoms. The van der Waals surface area contributed by atoms with Crippen molar-refractivity contribution < 1.29 is 4.79 Å². The molecule has 1 spiro atoms. The highest BCUT2D eigenvalue weighted by atomic mass is 16.2. The number of likely N-dealkylation sites (tertiary alicyclic amines) is 1. The Morgan fingerprint density at radius 3 is 2.57 bits per heavy atom. The minimum absolute atomic E-state index is 0.0836. The zero-order valence-corrected chi connectivity index (χ0v) is 12.3. The van der Waals surface area contributed by atoms with Gasteiger partial charge in [0.25, 0.3) is 5.91 Å². The lowest BCUT2D eigenvalue weighted by Crippen LogP contribution is -2.42. The molecule has 1 aliphatic carbocycles. The van der Waals surface area contributed by atoms with Crippen molar-refractivity contribution in [1.82, 2.24) is 15.1 Å². The van der Waals surface area contributed by atoms with E-state index in [1.54, 1.807) is 0 Å². The van der Waals surface area contributed by atoms with Crippen LogP contribution >= 0.6 is 0 Å². The average molecular weight is 283 g/mol. The number of aromatic amines is 1. The van der Waals surface area contributed by atoms with Gasteiger partial charge < -0.3 is 4.90 Å². The first-order chi connectivity index (χ1) is 10.3. The molecule has 4 rings (SSSR count). The fourth-order valence-corrected chi connectivity index (χ4v) is 4.09. The Bertz CT molecular complexity index is 659. The van der Waals surface area contributed by atoms with Gasteiger partial charge in [-0.25, -0.2) is 0 Å². The van der Waals surface area contributed by atoms with E-state index in [2.05, 4.69) is 10.2 Å². The molecule has 0 bridgehead atoms. The summed E-state index contributed by atoms with van der Waals surface area (Å²) in [6, 6.07) is 7.84. The lowest BCUT2D eigenvalue weighted by atomic mass is 9.77. The molecule has 2 heterocycles. The van der Waals surface area contributed by atoms with Gasteiger partial charge in [-0.1, -0.05) is 31.0 Å². The lowest BCUT2D eigenvalue weighted by Gasteiger charge is -2.39. The first-order valence-electron chi connectivity index (χ1n) is 8.00. The minimum atomic E-state index is 0.0836. The van der Waals surface area contributed by atoms with E-state index in [-0.39, 0.29) is 5.91 Å². The highest BCUT2D eigenvalue weighted by molar-refractivity contribution is 6.04. The summed E-state index contributed by atoms with van der Waals surface area (Å²) in [6.45, 7) is 1.78. The van der Waals surface area contributed by atoms with Crippen LogP contribution in [0.3, 0.4) is 0 Å². The molecule has 1 aliphatic heterocycles. The molecule has 1 amide bonds. The fraction of sp³-hybridized carbons (Fsp3) is 0.529. The quantitative estimate of drug-likeness (QED) is 0.872. The van der Waals surface area contributed by atoms with E-state index in [0.717, 1.165) is 24.0 Å². The number of hydrogen-bond donors (Lipinski definition) is 1. The predicted molar refractivity (Wildman–Crippen MR) is 82.1 cm³/mol. The smallest absolute Gasteiger partial charge is 0.274 e. The number of H-pyrrole nitrogens is 1. The normalized spacial score (nSPS) is 21.2. The molecule has 110 valence electrons. The van der Waals surface area contributed by atoms with Crippen molar-refractivity contribution in [1.29, 1.82) is 0 Å². The van der Waals surface area contributed by atoms with Crippen LogP contribution in [0, 0.1) is 5.41 Å². The summed E-state index contributed by atoms with van der Waals surface area (Å²) in [5, 5.41) is 8.14. The number of benzene rings is 1. The molecule has 1 N–H and O–H groups in total. The summed E-state index contributed by atoms with van der Waals surface area (Å²) in [6.07, 6.45) is 7.80. The van der Waals surface area contributed by atoms with E-state index < -0.39 is 0 Å². The number of hydrogen-bond acceptors (Lipinski definition) is 2. The number of carbonyl (C=O) groups excluding carboxylic acids is 1. The van der Waals surface area contributed by atoms with E-state index in [1.165, 1.54) is 38.5 Å². The molecule has 1 aromatic heterocycles. The first-order valence-corrected chi connectivity index (χ1v) is 8.00. The number of nitrogens with one attached hydrogen (secondary N) is 1. The van der Waals surface area contributed by atoms with Crippen molar-refractivity contribution in [3.8, 4) is 0 Å². The zero-order valence-electron chi connectivity index (χ0n) is 12.3. The number of aromatic nitrogens is 2. The van der Waals surface area contributed by atoms with Crippen molar-refractivity contribution in [2.45, 2.75) is 38.5 Å². The largest absolute Gasteiger partial charge is 0.337 e. The molecule has 2 aliphatic rings. The highest BCUT2D eigenvalue weighted by Crippen LogP contribution is 2.46. The number of piperidine rings is 1. The SMILES string of the molecule is O=C(c1n[nH]c2ccccc12)N1CCC2(CCCC2)CC1. The molecule has 1 saturated carbocycles. The van der Waals surface area contributed by atoms with E-state index in [9.17, 15) is 4.79 Å². The maximum Gasteiger partial charge on any atom is 0.274 e. The van der Waals surface area contributed by atoms with E-state index >= 15 is 0 Å². The van der Waals surface area contributed by atoms with Crippen LogP contribution in [-0.4, -0.2) is 34.1 Å². The number of rotatable bonds is 1. The van der Waals surface area contributed by atoms with Gasteiger partial charge in [0.05, 0.1) is 5.52 Å². The minimum Gasteiger partial charge on any atom is -0.337 e. The monoisotopic (exact) mass is 283 g/mol. The van der Waals surface area contributed by atoms with E-state index in [0.29, 0.717) is 11.1 Å². The summed E-state index contributed by atoms with van der Waals surface area (Å²) < 4.78 is 0. The average Bonchev–Trinajstić information content (AvgIpc) is 3.15. The number of amides is 1. The Balaban J connectivity index is 1.53. The van der Waals surface area contributed by atoms with Gasteiger partial charge >= 0.3 is 0 Å². The van der Waals surface area contributed by atoms with Crippen LogP contribution in [0.15, 0.2) is 24.3 Å². The molecule has 21 heavy (non-hydrogen) atoms. The first kappa shape index (κ1) is 12.9. The molecular weight excluding hydrogens is 262 g/mol. The predicted octanol–water partition coefficient (Wildman–Crippen LogP) is 3.36. The summed E-state index contributed by atoms with van der Waals surface area (Å²) in [5.74, 6) is 0.0836. The highest BCUT2D eigenvalue weighted by Gasteiger charge is 2.38. The second-order valence-corrected chi connectivity index (χ2v) is 6.62. The zero-order chi connectivity index (χ0) is 14.3. The Kier molecular flexibility index (Phi) is 2.98. The maximum absolute atomic E-state index is 12.7. The summed E-state index contributed by atoms with van der Waals surface area (Å²) >= 11 is 0. The van der Waals surface area contributed by atoms with Crippen LogP contribution in [-0.2, 0) is 0 Å². The van der Waals surface area contributed by atoms with Crippen molar-refractivity contribution in [2.75, 3.05) is 13.1 Å². The van der Waals surface area contributed by atoms with Gasteiger partial charge in [0.2, 0.25) is 0 Å². The molecule has 1 saturated heterocycles. The summed E-state index contributed by atoms with van der Waals surface area (Å²) in [5.41, 5.74) is 2.06. The Hall–Kier alpha value is -1.84. The van der Waals surface area contributed by atoms with Crippen LogP contribution in [0.2, 0.25) is 0 Å². The standard InChI is InChI=1S/C17H21N3O/c21-16(15-13-5-1-2-6-14(13)18-19-15)20-11-9-17(10-12-20)7-3-4-8-17/h1-2,5-6H,3-4,7-12H2,(H,18,19). The van der Waals surface area contributed by atoms with E-state index in [1.807, 2.05) is 29.2 Å². The maximum atomic E-state index is 12.7. The molecule has 1 aromatic carbocycles. The van der Waals surface area contributed by atoms with Gasteiger partial charge in [0.15, 0.2) is 5.69 Å². The van der Waals surface area contributed by atoms with Gasteiger partial charge in [-0.15, -0.1) is 0 Å². The molecule has 2 aromatic rings. The Morgan fingerprint density at radius 1 is 1.10 bits per heavy atom. The van der Waals surface area contributed by atoms with Crippen molar-refractivity contribution >= 4 is 16.8 Å². The number of nitrogens with zero attached hydrogens (tertiary/aromatic N) is 2. The van der Waals surface area contributed by atoms with Crippen LogP contribution in [0.1, 0.15) is 49.0 Å². The van der Waals surface area contributed by atoms with E-state index in [4.69, 9.17) is 0 Å². The van der Waals surface area contributed by atoms with Crippen LogP contribution in [0.5, 0.6) is 0 Å². The molecular formula is C17H21N3O. The molecule has 0 atom stereocenters. The molecule has 0 unspecified atom stereocenters. The van der Waals surface area contributed by atoms with Crippen LogP contribution in [0.25, 0.3) is 10.9 Å². The van der Waals surface area contributed by atoms with Crippen molar-refractivity contribution in [2.24, 2.45) is 5.41 Å². The fourth-order valence-electron chi connectivity index (χ4n) is 4.09. The Morgan fingerprint density at radius 2 is 1.81 bits per heavy atom. The third-order valence-corrected chi connectivity index (χ3v) is 5.45. The van der Waals surface area contributed by atoms with Gasteiger partial charge in [0.1, 0.15) is 0 Å². The molecule has 4 nitrogen and oxygen atoms in total. The van der Waals surface area contributed by atoms with Gasteiger partial charge in [0, 0.05) is 18.5 Å². The third kappa shape index (κ3) is 2.13.